The minimum Gasteiger partial charge on any atom is -0.447 e. The second-order valence-electron chi connectivity index (χ2n) is 7.02. The number of ether oxygens (including phenoxy) is 2. The number of benzene rings is 2. The Hall–Kier alpha value is -2.59. The van der Waals surface area contributed by atoms with Gasteiger partial charge in [0.2, 0.25) is 0 Å². The molecule has 2 atom stereocenters. The molecule has 2 aromatic rings. The molecule has 2 aliphatic rings. The Balaban J connectivity index is 1.68. The van der Waals surface area contributed by atoms with Gasteiger partial charge >= 0.3 is 6.09 Å². The fourth-order valence-electron chi connectivity index (χ4n) is 3.68. The van der Waals surface area contributed by atoms with Crippen LogP contribution < -0.4 is 0 Å². The van der Waals surface area contributed by atoms with Gasteiger partial charge in [-0.3, -0.25) is 4.90 Å². The number of carbonyl (C=O) groups excluding carboxylic acids is 1. The van der Waals surface area contributed by atoms with E-state index in [1.54, 1.807) is 4.90 Å². The van der Waals surface area contributed by atoms with Crippen molar-refractivity contribution >= 4 is 6.09 Å². The Morgan fingerprint density at radius 3 is 2.42 bits per heavy atom. The first kappa shape index (κ1) is 16.9. The van der Waals surface area contributed by atoms with E-state index in [1.807, 2.05) is 42.6 Å². The molecule has 4 nitrogen and oxygen atoms in total. The van der Waals surface area contributed by atoms with Crippen LogP contribution in [0.25, 0.3) is 0 Å². The van der Waals surface area contributed by atoms with Crippen molar-refractivity contribution in [3.63, 3.8) is 0 Å². The Labute approximate surface area is 154 Å². The molecule has 0 saturated carbocycles. The molecule has 0 aromatic heterocycles. The Morgan fingerprint density at radius 1 is 1.08 bits per heavy atom. The second kappa shape index (κ2) is 6.96. The van der Waals surface area contributed by atoms with Gasteiger partial charge < -0.3 is 9.47 Å². The molecule has 2 aromatic carbocycles. The molecule has 0 aliphatic carbocycles. The summed E-state index contributed by atoms with van der Waals surface area (Å²) in [4.78, 5) is 13.5. The van der Waals surface area contributed by atoms with Gasteiger partial charge in [-0.05, 0) is 36.5 Å². The molecule has 1 amide bonds. The van der Waals surface area contributed by atoms with Gasteiger partial charge in [-0.15, -0.1) is 0 Å². The molecule has 134 valence electrons. The Kier molecular flexibility index (Phi) is 4.51. The highest BCUT2D eigenvalue weighted by Gasteiger charge is 2.38. The fourth-order valence-corrected chi connectivity index (χ4v) is 3.68. The summed E-state index contributed by atoms with van der Waals surface area (Å²) in [6.07, 6.45) is 3.21. The maximum atomic E-state index is 11.9. The molecule has 4 rings (SSSR count). The average molecular weight is 349 g/mol. The lowest BCUT2D eigenvalue weighted by Gasteiger charge is -2.41. The first-order chi connectivity index (χ1) is 12.7. The highest BCUT2D eigenvalue weighted by molar-refractivity contribution is 5.70. The first-order valence-corrected chi connectivity index (χ1v) is 9.08. The zero-order valence-corrected chi connectivity index (χ0v) is 14.9. The van der Waals surface area contributed by atoms with Gasteiger partial charge in [0.25, 0.3) is 0 Å². The number of hydrogen-bond donors (Lipinski definition) is 0. The van der Waals surface area contributed by atoms with E-state index in [-0.39, 0.29) is 17.8 Å². The first-order valence-electron chi connectivity index (χ1n) is 9.08. The SMILES string of the molecule is C[C@@]1(c2ccccc2)CC/C(=C/N2CCOC2=O)[C@H](c2ccccc2)O1. The van der Waals surface area contributed by atoms with Crippen molar-refractivity contribution in [2.45, 2.75) is 31.5 Å². The second-order valence-corrected chi connectivity index (χ2v) is 7.02. The summed E-state index contributed by atoms with van der Waals surface area (Å²) in [6.45, 7) is 3.19. The number of rotatable bonds is 3. The maximum Gasteiger partial charge on any atom is 0.413 e. The maximum absolute atomic E-state index is 11.9. The lowest BCUT2D eigenvalue weighted by molar-refractivity contribution is -0.101. The van der Waals surface area contributed by atoms with Crippen molar-refractivity contribution in [3.8, 4) is 0 Å². The van der Waals surface area contributed by atoms with E-state index in [0.29, 0.717) is 13.2 Å². The number of nitrogens with zero attached hydrogens (tertiary/aromatic N) is 1. The van der Waals surface area contributed by atoms with E-state index in [0.717, 1.165) is 24.0 Å². The lowest BCUT2D eigenvalue weighted by atomic mass is 9.83. The summed E-state index contributed by atoms with van der Waals surface area (Å²) in [5, 5.41) is 0. The molecule has 26 heavy (non-hydrogen) atoms. The molecule has 4 heteroatoms. The quantitative estimate of drug-likeness (QED) is 0.800. The van der Waals surface area contributed by atoms with E-state index in [2.05, 4.69) is 31.2 Å². The normalized spacial score (nSPS) is 27.6. The molecular formula is C22H23NO3. The lowest BCUT2D eigenvalue weighted by Crippen LogP contribution is -2.34. The Bertz CT molecular complexity index is 803. The van der Waals surface area contributed by atoms with Gasteiger partial charge in [-0.25, -0.2) is 4.79 Å². The highest BCUT2D eigenvalue weighted by atomic mass is 16.6. The van der Waals surface area contributed by atoms with Gasteiger partial charge in [0, 0.05) is 6.20 Å². The summed E-state index contributed by atoms with van der Waals surface area (Å²) >= 11 is 0. The van der Waals surface area contributed by atoms with Gasteiger partial charge in [-0.2, -0.15) is 0 Å². The fraction of sp³-hybridized carbons (Fsp3) is 0.318. The van der Waals surface area contributed by atoms with Crippen LogP contribution in [0, 0.1) is 0 Å². The molecule has 2 heterocycles. The van der Waals surface area contributed by atoms with Crippen molar-refractivity contribution in [2.24, 2.45) is 0 Å². The summed E-state index contributed by atoms with van der Waals surface area (Å²) < 4.78 is 11.7. The van der Waals surface area contributed by atoms with E-state index < -0.39 is 0 Å². The minimum atomic E-state index is -0.357. The Morgan fingerprint density at radius 2 is 1.77 bits per heavy atom. The van der Waals surface area contributed by atoms with Crippen LogP contribution in [0.3, 0.4) is 0 Å². The number of amides is 1. The van der Waals surface area contributed by atoms with Crippen LogP contribution in [-0.4, -0.2) is 24.1 Å². The summed E-state index contributed by atoms with van der Waals surface area (Å²) in [5.74, 6) is 0. The molecule has 0 radical (unpaired) electrons. The van der Waals surface area contributed by atoms with E-state index in [1.165, 1.54) is 5.56 Å². The zero-order chi connectivity index (χ0) is 18.0. The monoisotopic (exact) mass is 349 g/mol. The van der Waals surface area contributed by atoms with Gasteiger partial charge in [-0.1, -0.05) is 60.7 Å². The van der Waals surface area contributed by atoms with E-state index >= 15 is 0 Å². The third-order valence-corrected chi connectivity index (χ3v) is 5.21. The topological polar surface area (TPSA) is 38.8 Å². The third-order valence-electron chi connectivity index (χ3n) is 5.21. The van der Waals surface area contributed by atoms with Crippen LogP contribution in [0.15, 0.2) is 72.4 Å². The molecular weight excluding hydrogens is 326 g/mol. The molecule has 0 bridgehead atoms. The van der Waals surface area contributed by atoms with Crippen LogP contribution in [-0.2, 0) is 15.1 Å². The van der Waals surface area contributed by atoms with Crippen LogP contribution in [0.5, 0.6) is 0 Å². The predicted molar refractivity (Wildman–Crippen MR) is 99.4 cm³/mol. The third kappa shape index (κ3) is 3.25. The summed E-state index contributed by atoms with van der Waals surface area (Å²) in [6, 6.07) is 20.6. The number of carbonyl (C=O) groups is 1. The van der Waals surface area contributed by atoms with Crippen molar-refractivity contribution in [1.82, 2.24) is 4.90 Å². The van der Waals surface area contributed by atoms with Crippen molar-refractivity contribution < 1.29 is 14.3 Å². The molecule has 2 aliphatic heterocycles. The molecule has 0 N–H and O–H groups in total. The smallest absolute Gasteiger partial charge is 0.413 e. The molecule has 0 spiro atoms. The molecule has 2 fully saturated rings. The highest BCUT2D eigenvalue weighted by Crippen LogP contribution is 2.45. The van der Waals surface area contributed by atoms with Crippen LogP contribution in [0.2, 0.25) is 0 Å². The van der Waals surface area contributed by atoms with Crippen molar-refractivity contribution in [1.29, 1.82) is 0 Å². The predicted octanol–water partition coefficient (Wildman–Crippen LogP) is 4.79. The van der Waals surface area contributed by atoms with Crippen molar-refractivity contribution in [3.05, 3.63) is 83.6 Å². The zero-order valence-electron chi connectivity index (χ0n) is 14.9. The summed E-state index contributed by atoms with van der Waals surface area (Å²) in [5.41, 5.74) is 3.04. The summed E-state index contributed by atoms with van der Waals surface area (Å²) in [7, 11) is 0. The van der Waals surface area contributed by atoms with Gasteiger partial charge in [0.1, 0.15) is 12.7 Å². The van der Waals surface area contributed by atoms with Crippen LogP contribution in [0.1, 0.15) is 37.0 Å². The van der Waals surface area contributed by atoms with Gasteiger partial charge in [0.15, 0.2) is 0 Å². The number of hydrogen-bond acceptors (Lipinski definition) is 3. The standard InChI is InChI=1S/C22H23NO3/c1-22(19-10-6-3-7-11-19)13-12-18(16-23-14-15-25-21(23)24)20(26-22)17-8-4-2-5-9-17/h2-11,16,20H,12-15H2,1H3/b18-16-/t20-,22-/m0/s1. The minimum absolute atomic E-state index is 0.177. The van der Waals surface area contributed by atoms with Crippen LogP contribution >= 0.6 is 0 Å². The van der Waals surface area contributed by atoms with Crippen LogP contribution in [0.4, 0.5) is 4.79 Å². The molecule has 0 unspecified atom stereocenters. The van der Waals surface area contributed by atoms with Crippen molar-refractivity contribution in [2.75, 3.05) is 13.2 Å². The van der Waals surface area contributed by atoms with E-state index in [9.17, 15) is 4.79 Å². The largest absolute Gasteiger partial charge is 0.447 e. The number of cyclic esters (lactones) is 1. The molecule has 2 saturated heterocycles. The average Bonchev–Trinajstić information content (AvgIpc) is 3.09. The van der Waals surface area contributed by atoms with Gasteiger partial charge in [0.05, 0.1) is 12.1 Å². The van der Waals surface area contributed by atoms with E-state index in [4.69, 9.17) is 9.47 Å².